The Bertz CT molecular complexity index is 446. The first-order chi connectivity index (χ1) is 9.02. The van der Waals surface area contributed by atoms with Crippen molar-refractivity contribution in [2.75, 3.05) is 13.1 Å². The molecule has 1 aromatic rings. The average Bonchev–Trinajstić information content (AvgIpc) is 3.01. The van der Waals surface area contributed by atoms with Gasteiger partial charge in [0.2, 0.25) is 0 Å². The van der Waals surface area contributed by atoms with Crippen LogP contribution in [0.1, 0.15) is 50.2 Å². The molecule has 0 aromatic carbocycles. The third-order valence-electron chi connectivity index (χ3n) is 4.37. The van der Waals surface area contributed by atoms with E-state index in [9.17, 15) is 0 Å². The van der Waals surface area contributed by atoms with Gasteiger partial charge in [0.05, 0.1) is 6.54 Å². The Morgan fingerprint density at radius 2 is 2.21 bits per heavy atom. The van der Waals surface area contributed by atoms with Crippen LogP contribution in [0.15, 0.2) is 10.5 Å². The maximum Gasteiger partial charge on any atom is 0.118 e. The minimum atomic E-state index is 0.470. The van der Waals surface area contributed by atoms with Crippen LogP contribution in [0.3, 0.4) is 0 Å². The first kappa shape index (κ1) is 13.2. The quantitative estimate of drug-likeness (QED) is 0.884. The van der Waals surface area contributed by atoms with Crippen LogP contribution in [0, 0.1) is 12.3 Å². The third kappa shape index (κ3) is 3.40. The molecule has 3 nitrogen and oxygen atoms in total. The van der Waals surface area contributed by atoms with Crippen molar-refractivity contribution in [3.05, 3.63) is 23.2 Å². The number of furan rings is 1. The molecular weight excluding hydrogens is 236 g/mol. The van der Waals surface area contributed by atoms with Crippen molar-refractivity contribution in [3.63, 3.8) is 0 Å². The summed E-state index contributed by atoms with van der Waals surface area (Å²) in [4.78, 5) is 2.51. The minimum Gasteiger partial charge on any atom is -0.465 e. The van der Waals surface area contributed by atoms with Crippen LogP contribution < -0.4 is 5.32 Å². The normalized spacial score (nSPS) is 23.1. The maximum absolute atomic E-state index is 5.92. The molecule has 19 heavy (non-hydrogen) atoms. The van der Waals surface area contributed by atoms with Crippen LogP contribution in [0.25, 0.3) is 0 Å². The Kier molecular flexibility index (Phi) is 3.44. The summed E-state index contributed by atoms with van der Waals surface area (Å²) in [6.45, 7) is 11.1. The summed E-state index contributed by atoms with van der Waals surface area (Å²) in [5.74, 6) is 2.21. The highest BCUT2D eigenvalue weighted by atomic mass is 16.3. The Morgan fingerprint density at radius 1 is 1.42 bits per heavy atom. The van der Waals surface area contributed by atoms with Gasteiger partial charge in [0.25, 0.3) is 0 Å². The van der Waals surface area contributed by atoms with E-state index >= 15 is 0 Å². The molecule has 2 aliphatic rings. The third-order valence-corrected chi connectivity index (χ3v) is 4.37. The SMILES string of the molecule is Cc1oc(CN2CCC(C)(C)C2)cc1CNC1CC1. The number of hydrogen-bond acceptors (Lipinski definition) is 3. The van der Waals surface area contributed by atoms with Crippen molar-refractivity contribution in [1.82, 2.24) is 10.2 Å². The molecule has 1 saturated carbocycles. The van der Waals surface area contributed by atoms with Gasteiger partial charge in [-0.15, -0.1) is 0 Å². The largest absolute Gasteiger partial charge is 0.465 e. The number of likely N-dealkylation sites (tertiary alicyclic amines) is 1. The van der Waals surface area contributed by atoms with E-state index in [0.717, 1.165) is 30.7 Å². The predicted octanol–water partition coefficient (Wildman–Crippen LogP) is 3.07. The highest BCUT2D eigenvalue weighted by Gasteiger charge is 2.29. The van der Waals surface area contributed by atoms with E-state index in [1.807, 2.05) is 0 Å². The second-order valence-corrected chi connectivity index (χ2v) is 7.07. The molecule has 0 bridgehead atoms. The summed E-state index contributed by atoms with van der Waals surface area (Å²) in [6, 6.07) is 3.01. The fourth-order valence-corrected chi connectivity index (χ4v) is 2.96. The van der Waals surface area contributed by atoms with Gasteiger partial charge < -0.3 is 9.73 Å². The summed E-state index contributed by atoms with van der Waals surface area (Å²) in [5, 5.41) is 3.56. The molecule has 2 fully saturated rings. The maximum atomic E-state index is 5.92. The van der Waals surface area contributed by atoms with Crippen LogP contribution in [-0.2, 0) is 13.1 Å². The number of nitrogens with one attached hydrogen (secondary N) is 1. The Morgan fingerprint density at radius 3 is 2.84 bits per heavy atom. The van der Waals surface area contributed by atoms with Crippen LogP contribution in [0.4, 0.5) is 0 Å². The molecule has 3 rings (SSSR count). The van der Waals surface area contributed by atoms with Gasteiger partial charge in [-0.2, -0.15) is 0 Å². The van der Waals surface area contributed by atoms with E-state index in [4.69, 9.17) is 4.42 Å². The molecule has 1 aliphatic carbocycles. The van der Waals surface area contributed by atoms with Crippen LogP contribution in [0.5, 0.6) is 0 Å². The van der Waals surface area contributed by atoms with Crippen molar-refractivity contribution in [1.29, 1.82) is 0 Å². The van der Waals surface area contributed by atoms with E-state index in [2.05, 4.69) is 37.1 Å². The fraction of sp³-hybridized carbons (Fsp3) is 0.750. The zero-order valence-corrected chi connectivity index (χ0v) is 12.5. The van der Waals surface area contributed by atoms with E-state index in [-0.39, 0.29) is 0 Å². The van der Waals surface area contributed by atoms with Gasteiger partial charge in [-0.1, -0.05) is 13.8 Å². The van der Waals surface area contributed by atoms with Gasteiger partial charge in [-0.25, -0.2) is 0 Å². The zero-order chi connectivity index (χ0) is 13.5. The lowest BCUT2D eigenvalue weighted by Crippen LogP contribution is -2.22. The van der Waals surface area contributed by atoms with Gasteiger partial charge >= 0.3 is 0 Å². The van der Waals surface area contributed by atoms with Gasteiger partial charge in [-0.05, 0) is 44.2 Å². The number of nitrogens with zero attached hydrogens (tertiary/aromatic N) is 1. The molecule has 1 aromatic heterocycles. The smallest absolute Gasteiger partial charge is 0.118 e. The molecule has 0 radical (unpaired) electrons. The van der Waals surface area contributed by atoms with E-state index < -0.39 is 0 Å². The average molecular weight is 262 g/mol. The number of aryl methyl sites for hydroxylation is 1. The summed E-state index contributed by atoms with van der Waals surface area (Å²) in [5.41, 5.74) is 1.80. The number of hydrogen-bond donors (Lipinski definition) is 1. The summed E-state index contributed by atoms with van der Waals surface area (Å²) in [7, 11) is 0. The van der Waals surface area contributed by atoms with Gasteiger partial charge in [0, 0.05) is 24.7 Å². The Balaban J connectivity index is 1.57. The molecular formula is C16H26N2O. The monoisotopic (exact) mass is 262 g/mol. The van der Waals surface area contributed by atoms with E-state index in [0.29, 0.717) is 5.41 Å². The van der Waals surface area contributed by atoms with Gasteiger partial charge in [0.1, 0.15) is 11.5 Å². The first-order valence-electron chi connectivity index (χ1n) is 7.56. The standard InChI is InChI=1S/C16H26N2O/c1-12-13(9-17-14-4-5-14)8-15(19-12)10-18-7-6-16(2,3)11-18/h8,14,17H,4-7,9-11H2,1-3H3. The van der Waals surface area contributed by atoms with Crippen molar-refractivity contribution >= 4 is 0 Å². The zero-order valence-electron chi connectivity index (χ0n) is 12.5. The molecule has 0 spiro atoms. The molecule has 106 valence electrons. The van der Waals surface area contributed by atoms with E-state index in [1.165, 1.54) is 37.9 Å². The van der Waals surface area contributed by atoms with Crippen molar-refractivity contribution in [2.24, 2.45) is 5.41 Å². The van der Waals surface area contributed by atoms with Gasteiger partial charge in [-0.3, -0.25) is 4.90 Å². The molecule has 0 unspecified atom stereocenters. The van der Waals surface area contributed by atoms with Crippen LogP contribution >= 0.6 is 0 Å². The lowest BCUT2D eigenvalue weighted by atomic mass is 9.93. The second-order valence-electron chi connectivity index (χ2n) is 7.07. The lowest BCUT2D eigenvalue weighted by Gasteiger charge is -2.18. The van der Waals surface area contributed by atoms with Crippen LogP contribution in [-0.4, -0.2) is 24.0 Å². The number of rotatable bonds is 5. The highest BCUT2D eigenvalue weighted by Crippen LogP contribution is 2.30. The van der Waals surface area contributed by atoms with Gasteiger partial charge in [0.15, 0.2) is 0 Å². The van der Waals surface area contributed by atoms with Crippen molar-refractivity contribution < 1.29 is 4.42 Å². The molecule has 2 heterocycles. The first-order valence-corrected chi connectivity index (χ1v) is 7.56. The predicted molar refractivity (Wildman–Crippen MR) is 77.0 cm³/mol. The summed E-state index contributed by atoms with van der Waals surface area (Å²) in [6.07, 6.45) is 3.97. The second kappa shape index (κ2) is 4.95. The molecule has 3 heteroatoms. The van der Waals surface area contributed by atoms with E-state index in [1.54, 1.807) is 0 Å². The minimum absolute atomic E-state index is 0.470. The summed E-state index contributed by atoms with van der Waals surface area (Å²) >= 11 is 0. The molecule has 0 amide bonds. The molecule has 1 saturated heterocycles. The molecule has 1 aliphatic heterocycles. The highest BCUT2D eigenvalue weighted by molar-refractivity contribution is 5.21. The van der Waals surface area contributed by atoms with Crippen LogP contribution in [0.2, 0.25) is 0 Å². The molecule has 1 N–H and O–H groups in total. The lowest BCUT2D eigenvalue weighted by molar-refractivity contribution is 0.261. The fourth-order valence-electron chi connectivity index (χ4n) is 2.96. The Hall–Kier alpha value is -0.800. The topological polar surface area (TPSA) is 28.4 Å². The Labute approximate surface area is 116 Å². The summed E-state index contributed by atoms with van der Waals surface area (Å²) < 4.78 is 5.92. The van der Waals surface area contributed by atoms with Crippen molar-refractivity contribution in [3.8, 4) is 0 Å². The van der Waals surface area contributed by atoms with Crippen molar-refractivity contribution in [2.45, 2.75) is 59.2 Å². The molecule has 0 atom stereocenters.